The molecule has 0 bridgehead atoms. The minimum Gasteiger partial charge on any atom is -0.381 e. The van der Waals surface area contributed by atoms with Gasteiger partial charge in [-0.3, -0.25) is 0 Å². The monoisotopic (exact) mass is 218 g/mol. The van der Waals surface area contributed by atoms with Crippen LogP contribution < -0.4 is 11.1 Å². The van der Waals surface area contributed by atoms with Crippen LogP contribution in [-0.4, -0.2) is 0 Å². The minimum atomic E-state index is 0.635. The number of thiophene rings is 1. The van der Waals surface area contributed by atoms with Crippen LogP contribution in [0.4, 0.5) is 5.69 Å². The summed E-state index contributed by atoms with van der Waals surface area (Å²) < 4.78 is 0. The lowest BCUT2D eigenvalue weighted by Crippen LogP contribution is -1.97. The van der Waals surface area contributed by atoms with Crippen molar-refractivity contribution in [1.82, 2.24) is 0 Å². The van der Waals surface area contributed by atoms with Crippen molar-refractivity contribution in [3.63, 3.8) is 0 Å². The van der Waals surface area contributed by atoms with Crippen molar-refractivity contribution in [2.24, 2.45) is 5.73 Å². The fraction of sp³-hybridized carbons (Fsp3) is 0.167. The zero-order chi connectivity index (χ0) is 10.5. The van der Waals surface area contributed by atoms with Gasteiger partial charge in [-0.05, 0) is 29.1 Å². The lowest BCUT2D eigenvalue weighted by molar-refractivity contribution is 1.09. The van der Waals surface area contributed by atoms with Crippen molar-refractivity contribution in [2.75, 3.05) is 5.32 Å². The van der Waals surface area contributed by atoms with E-state index in [1.54, 1.807) is 11.3 Å². The normalized spacial score (nSPS) is 10.2. The Kier molecular flexibility index (Phi) is 3.37. The Balaban J connectivity index is 1.93. The third-order valence-electron chi connectivity index (χ3n) is 2.18. The molecule has 2 aromatic rings. The Morgan fingerprint density at radius 2 is 2.00 bits per heavy atom. The number of para-hydroxylation sites is 1. The van der Waals surface area contributed by atoms with Crippen LogP contribution in [0.2, 0.25) is 0 Å². The summed E-state index contributed by atoms with van der Waals surface area (Å²) in [7, 11) is 0. The van der Waals surface area contributed by atoms with Gasteiger partial charge in [-0.15, -0.1) is 11.3 Å². The average Bonchev–Trinajstić information content (AvgIpc) is 2.76. The van der Waals surface area contributed by atoms with Gasteiger partial charge in [0.2, 0.25) is 0 Å². The maximum absolute atomic E-state index is 5.56. The fourth-order valence-corrected chi connectivity index (χ4v) is 2.16. The number of benzene rings is 1. The third kappa shape index (κ3) is 2.81. The van der Waals surface area contributed by atoms with Crippen molar-refractivity contribution >= 4 is 17.0 Å². The predicted molar refractivity (Wildman–Crippen MR) is 66.0 cm³/mol. The Hall–Kier alpha value is -1.32. The highest BCUT2D eigenvalue weighted by Gasteiger charge is 1.97. The number of nitrogens with one attached hydrogen (secondary N) is 1. The van der Waals surface area contributed by atoms with Gasteiger partial charge >= 0.3 is 0 Å². The highest BCUT2D eigenvalue weighted by molar-refractivity contribution is 7.10. The molecule has 78 valence electrons. The molecule has 1 aromatic heterocycles. The summed E-state index contributed by atoms with van der Waals surface area (Å²) in [6, 6.07) is 12.4. The van der Waals surface area contributed by atoms with E-state index in [1.165, 1.54) is 10.4 Å². The zero-order valence-corrected chi connectivity index (χ0v) is 9.26. The molecule has 0 fully saturated rings. The number of hydrogen-bond donors (Lipinski definition) is 2. The molecule has 0 aliphatic heterocycles. The SMILES string of the molecule is NCc1cc(CNc2ccccc2)cs1. The van der Waals surface area contributed by atoms with Crippen LogP contribution >= 0.6 is 11.3 Å². The van der Waals surface area contributed by atoms with Gasteiger partial charge in [0.25, 0.3) is 0 Å². The lowest BCUT2D eigenvalue weighted by Gasteiger charge is -2.03. The van der Waals surface area contributed by atoms with E-state index >= 15 is 0 Å². The zero-order valence-electron chi connectivity index (χ0n) is 8.44. The van der Waals surface area contributed by atoms with Crippen molar-refractivity contribution in [3.05, 3.63) is 52.2 Å². The summed E-state index contributed by atoms with van der Waals surface area (Å²) in [6.07, 6.45) is 0. The van der Waals surface area contributed by atoms with E-state index in [4.69, 9.17) is 5.73 Å². The molecule has 3 N–H and O–H groups in total. The van der Waals surface area contributed by atoms with Crippen molar-refractivity contribution < 1.29 is 0 Å². The van der Waals surface area contributed by atoms with Gasteiger partial charge in [-0.2, -0.15) is 0 Å². The quantitative estimate of drug-likeness (QED) is 0.828. The number of rotatable bonds is 4. The molecule has 3 heteroatoms. The third-order valence-corrected chi connectivity index (χ3v) is 3.19. The van der Waals surface area contributed by atoms with Gasteiger partial charge in [0, 0.05) is 23.7 Å². The summed E-state index contributed by atoms with van der Waals surface area (Å²) in [5.41, 5.74) is 8.01. The van der Waals surface area contributed by atoms with E-state index in [0.717, 1.165) is 12.2 Å². The molecule has 0 saturated heterocycles. The summed E-state index contributed by atoms with van der Waals surface area (Å²) in [6.45, 7) is 1.50. The van der Waals surface area contributed by atoms with Crippen molar-refractivity contribution in [1.29, 1.82) is 0 Å². The van der Waals surface area contributed by atoms with Gasteiger partial charge in [-0.1, -0.05) is 18.2 Å². The number of nitrogens with two attached hydrogens (primary N) is 1. The maximum Gasteiger partial charge on any atom is 0.0409 e. The van der Waals surface area contributed by atoms with E-state index in [0.29, 0.717) is 6.54 Å². The van der Waals surface area contributed by atoms with Crippen molar-refractivity contribution in [3.8, 4) is 0 Å². The van der Waals surface area contributed by atoms with E-state index in [2.05, 4.69) is 28.9 Å². The smallest absolute Gasteiger partial charge is 0.0409 e. The molecule has 0 aliphatic carbocycles. The number of anilines is 1. The molecule has 0 atom stereocenters. The lowest BCUT2D eigenvalue weighted by atomic mass is 10.3. The molecule has 1 aromatic carbocycles. The van der Waals surface area contributed by atoms with Crippen LogP contribution in [0, 0.1) is 0 Å². The first kappa shape index (κ1) is 10.2. The van der Waals surface area contributed by atoms with Crippen LogP contribution in [0.15, 0.2) is 41.8 Å². The first-order chi connectivity index (χ1) is 7.38. The Bertz CT molecular complexity index is 409. The Morgan fingerprint density at radius 1 is 1.20 bits per heavy atom. The first-order valence-corrected chi connectivity index (χ1v) is 5.82. The molecule has 0 aliphatic rings. The summed E-state index contributed by atoms with van der Waals surface area (Å²) >= 11 is 1.72. The summed E-state index contributed by atoms with van der Waals surface area (Å²) in [5.74, 6) is 0. The molecular formula is C12H14N2S. The summed E-state index contributed by atoms with van der Waals surface area (Å²) in [4.78, 5) is 1.24. The molecule has 0 amide bonds. The first-order valence-electron chi connectivity index (χ1n) is 4.94. The molecule has 0 spiro atoms. The van der Waals surface area contributed by atoms with Crippen LogP contribution in [0.5, 0.6) is 0 Å². The summed E-state index contributed by atoms with van der Waals surface area (Å²) in [5, 5.41) is 5.52. The second kappa shape index (κ2) is 4.96. The van der Waals surface area contributed by atoms with Crippen LogP contribution in [0.3, 0.4) is 0 Å². The Morgan fingerprint density at radius 3 is 2.67 bits per heavy atom. The second-order valence-corrected chi connectivity index (χ2v) is 4.34. The largest absolute Gasteiger partial charge is 0.381 e. The standard InChI is InChI=1S/C12H14N2S/c13-7-12-6-10(9-15-12)8-14-11-4-2-1-3-5-11/h1-6,9,14H,7-8,13H2. The fourth-order valence-electron chi connectivity index (χ4n) is 1.39. The maximum atomic E-state index is 5.56. The molecule has 2 rings (SSSR count). The van der Waals surface area contributed by atoms with E-state index in [9.17, 15) is 0 Å². The average molecular weight is 218 g/mol. The van der Waals surface area contributed by atoms with Gasteiger partial charge < -0.3 is 11.1 Å². The van der Waals surface area contributed by atoms with E-state index in [1.807, 2.05) is 18.2 Å². The van der Waals surface area contributed by atoms with E-state index in [-0.39, 0.29) is 0 Å². The molecule has 0 saturated carbocycles. The van der Waals surface area contributed by atoms with Gasteiger partial charge in [-0.25, -0.2) is 0 Å². The topological polar surface area (TPSA) is 38.0 Å². The van der Waals surface area contributed by atoms with Crippen LogP contribution in [0.1, 0.15) is 10.4 Å². The molecule has 15 heavy (non-hydrogen) atoms. The van der Waals surface area contributed by atoms with E-state index < -0.39 is 0 Å². The molecule has 0 unspecified atom stereocenters. The number of hydrogen-bond acceptors (Lipinski definition) is 3. The molecule has 1 heterocycles. The van der Waals surface area contributed by atoms with Crippen LogP contribution in [0.25, 0.3) is 0 Å². The van der Waals surface area contributed by atoms with Crippen LogP contribution in [-0.2, 0) is 13.1 Å². The molecular weight excluding hydrogens is 204 g/mol. The molecule has 2 nitrogen and oxygen atoms in total. The molecule has 0 radical (unpaired) electrons. The predicted octanol–water partition coefficient (Wildman–Crippen LogP) is 2.82. The minimum absolute atomic E-state index is 0.635. The van der Waals surface area contributed by atoms with Crippen molar-refractivity contribution in [2.45, 2.75) is 13.1 Å². The Labute approximate surface area is 93.7 Å². The highest BCUT2D eigenvalue weighted by Crippen LogP contribution is 2.15. The van der Waals surface area contributed by atoms with Gasteiger partial charge in [0.15, 0.2) is 0 Å². The highest BCUT2D eigenvalue weighted by atomic mass is 32.1. The second-order valence-electron chi connectivity index (χ2n) is 3.34. The van der Waals surface area contributed by atoms with Gasteiger partial charge in [0.1, 0.15) is 0 Å². The van der Waals surface area contributed by atoms with Gasteiger partial charge in [0.05, 0.1) is 0 Å².